The van der Waals surface area contributed by atoms with Gasteiger partial charge in [-0.15, -0.1) is 0 Å². The fourth-order valence-electron chi connectivity index (χ4n) is 2.03. The van der Waals surface area contributed by atoms with Crippen molar-refractivity contribution in [2.75, 3.05) is 0 Å². The number of pyridine rings is 1. The first-order valence-corrected chi connectivity index (χ1v) is 6.61. The second-order valence-corrected chi connectivity index (χ2v) is 4.81. The number of hydrogen-bond acceptors (Lipinski definition) is 4. The molecule has 1 atom stereocenters. The summed E-state index contributed by atoms with van der Waals surface area (Å²) in [6.45, 7) is 2.08. The third-order valence-corrected chi connectivity index (χ3v) is 3.44. The minimum Gasteiger partial charge on any atom is -0.272 e. The Morgan fingerprint density at radius 3 is 2.89 bits per heavy atom. The largest absolute Gasteiger partial charge is 0.272 e. The molecule has 0 spiro atoms. The minimum atomic E-state index is -0.131. The molecule has 2 aromatic heterocycles. The molecular formula is C13H18ClN5. The summed E-state index contributed by atoms with van der Waals surface area (Å²) in [6.07, 6.45) is 3.32. The molecule has 0 radical (unpaired) electrons. The summed E-state index contributed by atoms with van der Waals surface area (Å²) in [5.74, 6) is 5.63. The minimum absolute atomic E-state index is 0.131. The smallest absolute Gasteiger partial charge is 0.0776 e. The van der Waals surface area contributed by atoms with Crippen molar-refractivity contribution in [2.45, 2.75) is 25.8 Å². The number of halogens is 1. The normalized spacial score (nSPS) is 12.6. The Balaban J connectivity index is 2.24. The standard InChI is InChI=1S/C13H18ClN5/c1-3-9-7-10(19(2)18-9)8-12(17-15)13-11(14)5-4-6-16-13/h4-7,12,17H,3,8,15H2,1-2H3. The fraction of sp³-hybridized carbons (Fsp3) is 0.385. The Bertz CT molecular complexity index is 552. The van der Waals surface area contributed by atoms with Gasteiger partial charge in [0, 0.05) is 25.4 Å². The van der Waals surface area contributed by atoms with Gasteiger partial charge in [-0.05, 0) is 24.6 Å². The van der Waals surface area contributed by atoms with Gasteiger partial charge in [0.15, 0.2) is 0 Å². The summed E-state index contributed by atoms with van der Waals surface area (Å²) in [4.78, 5) is 4.30. The lowest BCUT2D eigenvalue weighted by molar-refractivity contribution is 0.518. The number of nitrogens with zero attached hydrogens (tertiary/aromatic N) is 3. The second kappa shape index (κ2) is 6.14. The highest BCUT2D eigenvalue weighted by Gasteiger charge is 2.17. The highest BCUT2D eigenvalue weighted by Crippen LogP contribution is 2.23. The summed E-state index contributed by atoms with van der Waals surface area (Å²) >= 11 is 6.16. The van der Waals surface area contributed by atoms with Gasteiger partial charge in [-0.25, -0.2) is 0 Å². The van der Waals surface area contributed by atoms with Crippen LogP contribution in [-0.4, -0.2) is 14.8 Å². The zero-order valence-electron chi connectivity index (χ0n) is 11.1. The lowest BCUT2D eigenvalue weighted by Crippen LogP contribution is -2.31. The van der Waals surface area contributed by atoms with Gasteiger partial charge < -0.3 is 0 Å². The number of hydrogen-bond donors (Lipinski definition) is 2. The van der Waals surface area contributed by atoms with Gasteiger partial charge in [0.25, 0.3) is 0 Å². The molecule has 0 fully saturated rings. The van der Waals surface area contributed by atoms with Crippen LogP contribution in [0.3, 0.4) is 0 Å². The van der Waals surface area contributed by atoms with Crippen LogP contribution in [0.4, 0.5) is 0 Å². The lowest BCUT2D eigenvalue weighted by Gasteiger charge is -2.16. The zero-order chi connectivity index (χ0) is 13.8. The number of nitrogens with one attached hydrogen (secondary N) is 1. The summed E-state index contributed by atoms with van der Waals surface area (Å²) < 4.78 is 1.88. The Morgan fingerprint density at radius 1 is 1.53 bits per heavy atom. The first-order chi connectivity index (χ1) is 9.15. The molecule has 0 saturated carbocycles. The third kappa shape index (κ3) is 3.12. The Kier molecular flexibility index (Phi) is 4.52. The van der Waals surface area contributed by atoms with Crippen LogP contribution >= 0.6 is 11.6 Å². The molecule has 0 amide bonds. The van der Waals surface area contributed by atoms with Crippen molar-refractivity contribution in [3.05, 3.63) is 46.5 Å². The van der Waals surface area contributed by atoms with E-state index in [1.54, 1.807) is 12.3 Å². The van der Waals surface area contributed by atoms with Gasteiger partial charge in [-0.3, -0.25) is 20.9 Å². The molecule has 2 heterocycles. The van der Waals surface area contributed by atoms with Crippen LogP contribution in [0.5, 0.6) is 0 Å². The van der Waals surface area contributed by atoms with Crippen LogP contribution < -0.4 is 11.3 Å². The van der Waals surface area contributed by atoms with Crippen LogP contribution in [-0.2, 0) is 19.9 Å². The van der Waals surface area contributed by atoms with Crippen molar-refractivity contribution >= 4 is 11.6 Å². The van der Waals surface area contributed by atoms with Crippen molar-refractivity contribution in [1.82, 2.24) is 20.2 Å². The van der Waals surface area contributed by atoms with Crippen molar-refractivity contribution in [2.24, 2.45) is 12.9 Å². The van der Waals surface area contributed by atoms with E-state index in [-0.39, 0.29) is 6.04 Å². The number of rotatable bonds is 5. The molecule has 0 bridgehead atoms. The van der Waals surface area contributed by atoms with Crippen molar-refractivity contribution in [1.29, 1.82) is 0 Å². The summed E-state index contributed by atoms with van der Waals surface area (Å²) in [5, 5.41) is 5.04. The molecule has 2 aromatic rings. The van der Waals surface area contributed by atoms with Crippen molar-refractivity contribution in [3.8, 4) is 0 Å². The lowest BCUT2D eigenvalue weighted by atomic mass is 10.1. The van der Waals surface area contributed by atoms with Gasteiger partial charge in [0.2, 0.25) is 0 Å². The first kappa shape index (κ1) is 14.0. The molecule has 0 aliphatic heterocycles. The summed E-state index contributed by atoms with van der Waals surface area (Å²) in [6, 6.07) is 5.57. The predicted octanol–water partition coefficient (Wildman–Crippen LogP) is 1.78. The van der Waals surface area contributed by atoms with Crippen LogP contribution in [0.2, 0.25) is 5.02 Å². The second-order valence-electron chi connectivity index (χ2n) is 4.40. The zero-order valence-corrected chi connectivity index (χ0v) is 11.9. The molecule has 102 valence electrons. The van der Waals surface area contributed by atoms with Crippen LogP contribution in [0, 0.1) is 0 Å². The monoisotopic (exact) mass is 279 g/mol. The topological polar surface area (TPSA) is 68.8 Å². The highest BCUT2D eigenvalue weighted by molar-refractivity contribution is 6.31. The maximum absolute atomic E-state index is 6.16. The van der Waals surface area contributed by atoms with E-state index in [0.717, 1.165) is 23.5 Å². The van der Waals surface area contributed by atoms with E-state index < -0.39 is 0 Å². The molecule has 0 saturated heterocycles. The van der Waals surface area contributed by atoms with E-state index in [2.05, 4.69) is 28.5 Å². The summed E-state index contributed by atoms with van der Waals surface area (Å²) in [5.41, 5.74) is 5.70. The quantitative estimate of drug-likeness (QED) is 0.647. The van der Waals surface area contributed by atoms with E-state index >= 15 is 0 Å². The fourth-order valence-corrected chi connectivity index (χ4v) is 2.29. The van der Waals surface area contributed by atoms with Crippen LogP contribution in [0.25, 0.3) is 0 Å². The maximum atomic E-state index is 6.16. The van der Waals surface area contributed by atoms with Gasteiger partial charge in [0.05, 0.1) is 22.5 Å². The molecule has 3 N–H and O–H groups in total. The van der Waals surface area contributed by atoms with Gasteiger partial charge in [0.1, 0.15) is 0 Å². The average Bonchev–Trinajstić information content (AvgIpc) is 2.77. The van der Waals surface area contributed by atoms with E-state index in [4.69, 9.17) is 17.4 Å². The molecule has 6 heteroatoms. The molecule has 2 rings (SSSR count). The molecule has 5 nitrogen and oxygen atoms in total. The van der Waals surface area contributed by atoms with Gasteiger partial charge in [-0.2, -0.15) is 5.10 Å². The number of hydrazine groups is 1. The van der Waals surface area contributed by atoms with E-state index in [0.29, 0.717) is 11.4 Å². The number of nitrogens with two attached hydrogens (primary N) is 1. The number of aromatic nitrogens is 3. The Labute approximate surface area is 117 Å². The van der Waals surface area contributed by atoms with Gasteiger partial charge in [-0.1, -0.05) is 18.5 Å². The van der Waals surface area contributed by atoms with E-state index in [1.165, 1.54) is 0 Å². The average molecular weight is 280 g/mol. The maximum Gasteiger partial charge on any atom is 0.0776 e. The van der Waals surface area contributed by atoms with E-state index in [1.807, 2.05) is 17.8 Å². The van der Waals surface area contributed by atoms with E-state index in [9.17, 15) is 0 Å². The molecule has 0 aromatic carbocycles. The third-order valence-electron chi connectivity index (χ3n) is 3.12. The molecule has 0 aliphatic carbocycles. The molecule has 0 aliphatic rings. The predicted molar refractivity (Wildman–Crippen MR) is 75.6 cm³/mol. The van der Waals surface area contributed by atoms with Crippen LogP contribution in [0.15, 0.2) is 24.4 Å². The van der Waals surface area contributed by atoms with Crippen molar-refractivity contribution in [3.63, 3.8) is 0 Å². The molecule has 19 heavy (non-hydrogen) atoms. The first-order valence-electron chi connectivity index (χ1n) is 6.24. The Morgan fingerprint density at radius 2 is 2.32 bits per heavy atom. The van der Waals surface area contributed by atoms with Gasteiger partial charge >= 0.3 is 0 Å². The SMILES string of the molecule is CCc1cc(CC(NN)c2ncccc2Cl)n(C)n1. The number of aryl methyl sites for hydroxylation is 2. The Hall–Kier alpha value is -1.43. The summed E-state index contributed by atoms with van der Waals surface area (Å²) in [7, 11) is 1.93. The van der Waals surface area contributed by atoms with Crippen LogP contribution in [0.1, 0.15) is 30.0 Å². The highest BCUT2D eigenvalue weighted by atomic mass is 35.5. The molecule has 1 unspecified atom stereocenters. The van der Waals surface area contributed by atoms with Crippen molar-refractivity contribution < 1.29 is 0 Å². The molecular weight excluding hydrogens is 262 g/mol.